The normalized spacial score (nSPS) is 16.4. The van der Waals surface area contributed by atoms with Crippen LogP contribution in [0, 0.1) is 0 Å². The summed E-state index contributed by atoms with van der Waals surface area (Å²) in [5.41, 5.74) is 2.00. The van der Waals surface area contributed by atoms with Crippen molar-refractivity contribution in [3.05, 3.63) is 33.8 Å². The van der Waals surface area contributed by atoms with Gasteiger partial charge >= 0.3 is 0 Å². The highest BCUT2D eigenvalue weighted by molar-refractivity contribution is 9.10. The highest BCUT2D eigenvalue weighted by Crippen LogP contribution is 2.46. The number of allylic oxidation sites excluding steroid dienone is 1. The average molecular weight is 253 g/mol. The van der Waals surface area contributed by atoms with Gasteiger partial charge in [0, 0.05) is 10.0 Å². The summed E-state index contributed by atoms with van der Waals surface area (Å²) in [4.78, 5) is 0. The summed E-state index contributed by atoms with van der Waals surface area (Å²) >= 11 is 3.47. The third-order valence-corrected chi connectivity index (χ3v) is 2.95. The molecule has 0 amide bonds. The summed E-state index contributed by atoms with van der Waals surface area (Å²) in [7, 11) is 0. The molecule has 0 spiro atoms. The number of phenols is 1. The van der Waals surface area contributed by atoms with E-state index < -0.39 is 0 Å². The Balaban J connectivity index is 2.49. The van der Waals surface area contributed by atoms with E-state index in [4.69, 9.17) is 0 Å². The Labute approximate surface area is 92.6 Å². The van der Waals surface area contributed by atoms with Gasteiger partial charge in [-0.25, -0.2) is 0 Å². The minimum Gasteiger partial charge on any atom is -0.507 e. The zero-order valence-electron chi connectivity index (χ0n) is 8.13. The predicted molar refractivity (Wildman–Crippen MR) is 62.5 cm³/mol. The first-order valence-corrected chi connectivity index (χ1v) is 5.66. The second-order valence-electron chi connectivity index (χ2n) is 3.71. The summed E-state index contributed by atoms with van der Waals surface area (Å²) in [5, 5.41) is 9.98. The topological polar surface area (TPSA) is 20.2 Å². The van der Waals surface area contributed by atoms with Crippen molar-refractivity contribution in [2.75, 3.05) is 0 Å². The molecular formula is C12H13BrO. The number of hydrogen-bond donors (Lipinski definition) is 1. The fraction of sp³-hybridized carbons (Fsp3) is 0.333. The molecule has 0 aliphatic heterocycles. The molecule has 0 saturated heterocycles. The Bertz CT molecular complexity index is 378. The molecule has 1 fully saturated rings. The van der Waals surface area contributed by atoms with Crippen molar-refractivity contribution in [3.8, 4) is 5.75 Å². The van der Waals surface area contributed by atoms with Crippen LogP contribution in [0.25, 0.3) is 6.08 Å². The Morgan fingerprint density at radius 2 is 2.14 bits per heavy atom. The fourth-order valence-electron chi connectivity index (χ4n) is 1.65. The molecule has 0 unspecified atom stereocenters. The van der Waals surface area contributed by atoms with Crippen LogP contribution in [-0.4, -0.2) is 5.11 Å². The van der Waals surface area contributed by atoms with E-state index in [1.54, 1.807) is 0 Å². The lowest BCUT2D eigenvalue weighted by Gasteiger charge is -2.07. The molecule has 0 atom stereocenters. The van der Waals surface area contributed by atoms with Crippen molar-refractivity contribution in [2.45, 2.75) is 25.7 Å². The SMILES string of the molecule is C/C=C/c1cc(Br)cc(C2CC2)c1O. The Morgan fingerprint density at radius 3 is 2.71 bits per heavy atom. The van der Waals surface area contributed by atoms with Gasteiger partial charge in [-0.3, -0.25) is 0 Å². The van der Waals surface area contributed by atoms with Crippen LogP contribution in [0.1, 0.15) is 36.8 Å². The van der Waals surface area contributed by atoms with E-state index in [0.717, 1.165) is 15.6 Å². The van der Waals surface area contributed by atoms with E-state index in [1.165, 1.54) is 12.8 Å². The summed E-state index contributed by atoms with van der Waals surface area (Å²) in [6, 6.07) is 3.97. The highest BCUT2D eigenvalue weighted by Gasteiger charge is 2.27. The predicted octanol–water partition coefficient (Wildman–Crippen LogP) is 4.07. The Hall–Kier alpha value is -0.760. The molecule has 1 aromatic rings. The molecule has 74 valence electrons. The smallest absolute Gasteiger partial charge is 0.126 e. The molecule has 1 nitrogen and oxygen atoms in total. The third-order valence-electron chi connectivity index (χ3n) is 2.50. The van der Waals surface area contributed by atoms with E-state index in [0.29, 0.717) is 11.7 Å². The number of hydrogen-bond acceptors (Lipinski definition) is 1. The van der Waals surface area contributed by atoms with Crippen molar-refractivity contribution in [2.24, 2.45) is 0 Å². The van der Waals surface area contributed by atoms with Crippen LogP contribution in [0.5, 0.6) is 5.75 Å². The molecule has 0 radical (unpaired) electrons. The average Bonchev–Trinajstić information content (AvgIpc) is 2.94. The molecule has 1 N–H and O–H groups in total. The zero-order valence-corrected chi connectivity index (χ0v) is 9.71. The number of rotatable bonds is 2. The second kappa shape index (κ2) is 3.77. The van der Waals surface area contributed by atoms with Gasteiger partial charge < -0.3 is 5.11 Å². The van der Waals surface area contributed by atoms with Gasteiger partial charge in [0.1, 0.15) is 5.75 Å². The van der Waals surface area contributed by atoms with E-state index >= 15 is 0 Å². The maximum Gasteiger partial charge on any atom is 0.126 e. The van der Waals surface area contributed by atoms with Crippen molar-refractivity contribution < 1.29 is 5.11 Å². The van der Waals surface area contributed by atoms with Crippen LogP contribution < -0.4 is 0 Å². The summed E-state index contributed by atoms with van der Waals surface area (Å²) < 4.78 is 1.05. The Kier molecular flexibility index (Phi) is 2.64. The summed E-state index contributed by atoms with van der Waals surface area (Å²) in [5.74, 6) is 1.03. The highest BCUT2D eigenvalue weighted by atomic mass is 79.9. The van der Waals surface area contributed by atoms with E-state index in [-0.39, 0.29) is 0 Å². The molecule has 0 aromatic heterocycles. The number of aromatic hydroxyl groups is 1. The standard InChI is InChI=1S/C12H13BrO/c1-2-3-9-6-10(13)7-11(12(9)14)8-4-5-8/h2-3,6-8,14H,4-5H2,1H3/b3-2+. The molecule has 1 aliphatic carbocycles. The van der Waals surface area contributed by atoms with Crippen LogP contribution >= 0.6 is 15.9 Å². The van der Waals surface area contributed by atoms with Gasteiger partial charge in [-0.05, 0) is 43.4 Å². The minimum absolute atomic E-state index is 0.453. The monoisotopic (exact) mass is 252 g/mol. The molecule has 2 heteroatoms. The Morgan fingerprint density at radius 1 is 1.43 bits per heavy atom. The van der Waals surface area contributed by atoms with E-state index in [2.05, 4.69) is 15.9 Å². The molecule has 0 bridgehead atoms. The van der Waals surface area contributed by atoms with Crippen LogP contribution in [0.15, 0.2) is 22.7 Å². The molecule has 0 heterocycles. The van der Waals surface area contributed by atoms with E-state index in [9.17, 15) is 5.11 Å². The van der Waals surface area contributed by atoms with Crippen molar-refractivity contribution in [1.29, 1.82) is 0 Å². The fourth-order valence-corrected chi connectivity index (χ4v) is 2.15. The maximum absolute atomic E-state index is 9.98. The van der Waals surface area contributed by atoms with Gasteiger partial charge in [-0.2, -0.15) is 0 Å². The van der Waals surface area contributed by atoms with Crippen molar-refractivity contribution >= 4 is 22.0 Å². The lowest BCUT2D eigenvalue weighted by Crippen LogP contribution is -1.85. The molecule has 1 aliphatic rings. The number of benzene rings is 1. The maximum atomic E-state index is 9.98. The van der Waals surface area contributed by atoms with Gasteiger partial charge in [-0.15, -0.1) is 0 Å². The van der Waals surface area contributed by atoms with Crippen LogP contribution in [0.4, 0.5) is 0 Å². The van der Waals surface area contributed by atoms with Crippen LogP contribution in [0.3, 0.4) is 0 Å². The first kappa shape index (κ1) is 9.78. The van der Waals surface area contributed by atoms with Gasteiger partial charge in [0.05, 0.1) is 0 Å². The quantitative estimate of drug-likeness (QED) is 0.842. The van der Waals surface area contributed by atoms with Gasteiger partial charge in [-0.1, -0.05) is 28.1 Å². The third kappa shape index (κ3) is 1.85. The van der Waals surface area contributed by atoms with Gasteiger partial charge in [0.2, 0.25) is 0 Å². The largest absolute Gasteiger partial charge is 0.507 e. The van der Waals surface area contributed by atoms with Crippen molar-refractivity contribution in [1.82, 2.24) is 0 Å². The molecule has 2 rings (SSSR count). The first-order chi connectivity index (χ1) is 6.72. The molecule has 1 aromatic carbocycles. The van der Waals surface area contributed by atoms with Gasteiger partial charge in [0.25, 0.3) is 0 Å². The lowest BCUT2D eigenvalue weighted by molar-refractivity contribution is 0.467. The first-order valence-electron chi connectivity index (χ1n) is 4.87. The molecule has 1 saturated carbocycles. The number of halogens is 1. The van der Waals surface area contributed by atoms with Crippen LogP contribution in [-0.2, 0) is 0 Å². The van der Waals surface area contributed by atoms with Crippen LogP contribution in [0.2, 0.25) is 0 Å². The lowest BCUT2D eigenvalue weighted by atomic mass is 10.0. The summed E-state index contributed by atoms with van der Waals surface area (Å²) in [6.45, 7) is 1.96. The molecule has 14 heavy (non-hydrogen) atoms. The second-order valence-corrected chi connectivity index (χ2v) is 4.62. The number of phenolic OH excluding ortho intramolecular Hbond substituents is 1. The summed E-state index contributed by atoms with van der Waals surface area (Å²) in [6.07, 6.45) is 6.29. The van der Waals surface area contributed by atoms with Crippen molar-refractivity contribution in [3.63, 3.8) is 0 Å². The van der Waals surface area contributed by atoms with E-state index in [1.807, 2.05) is 31.2 Å². The van der Waals surface area contributed by atoms with Gasteiger partial charge in [0.15, 0.2) is 0 Å². The zero-order chi connectivity index (χ0) is 10.1. The molecular weight excluding hydrogens is 240 g/mol. The minimum atomic E-state index is 0.453.